The quantitative estimate of drug-likeness (QED) is 0.602. The highest BCUT2D eigenvalue weighted by molar-refractivity contribution is 5.78. The van der Waals surface area contributed by atoms with Gasteiger partial charge in [0.15, 0.2) is 0 Å². The molecule has 0 unspecified atom stereocenters. The van der Waals surface area contributed by atoms with Gasteiger partial charge in [0.25, 0.3) is 0 Å². The number of hydrogen-bond acceptors (Lipinski definition) is 2. The molecule has 0 aliphatic heterocycles. The lowest BCUT2D eigenvalue weighted by Gasteiger charge is -2.26. The molecule has 68 valence electrons. The Morgan fingerprint density at radius 1 is 1.25 bits per heavy atom. The van der Waals surface area contributed by atoms with Crippen LogP contribution < -0.4 is 0 Å². The zero-order chi connectivity index (χ0) is 8.77. The van der Waals surface area contributed by atoms with Gasteiger partial charge in [-0.1, -0.05) is 0 Å². The molecule has 2 nitrogen and oxygen atoms in total. The van der Waals surface area contributed by atoms with Crippen LogP contribution in [0.1, 0.15) is 32.6 Å². The first-order valence-corrected chi connectivity index (χ1v) is 4.78. The Balaban J connectivity index is 2.13. The maximum Gasteiger partial charge on any atom is 0.312 e. The van der Waals surface area contributed by atoms with Gasteiger partial charge >= 0.3 is 5.97 Å². The average Bonchev–Trinajstić information content (AvgIpc) is 2.91. The Kier molecular flexibility index (Phi) is 1.67. The van der Waals surface area contributed by atoms with Crippen LogP contribution in [0.4, 0.5) is 0 Å². The maximum atomic E-state index is 11.6. The molecule has 12 heavy (non-hydrogen) atoms. The molecule has 2 heteroatoms. The third-order valence-corrected chi connectivity index (χ3v) is 3.48. The molecule has 2 aliphatic carbocycles. The third-order valence-electron chi connectivity index (χ3n) is 3.48. The van der Waals surface area contributed by atoms with Gasteiger partial charge in [-0.3, -0.25) is 4.79 Å². The molecule has 0 radical (unpaired) electrons. The Bertz CT molecular complexity index is 190. The SMILES string of the molecule is COC(=O)C(C)(C1CC1)C1CC1. The van der Waals surface area contributed by atoms with E-state index in [0.29, 0.717) is 11.8 Å². The van der Waals surface area contributed by atoms with Gasteiger partial charge in [-0.05, 0) is 44.4 Å². The molecule has 2 fully saturated rings. The fourth-order valence-corrected chi connectivity index (χ4v) is 2.25. The van der Waals surface area contributed by atoms with Crippen molar-refractivity contribution in [3.05, 3.63) is 0 Å². The van der Waals surface area contributed by atoms with Gasteiger partial charge in [0.1, 0.15) is 0 Å². The van der Waals surface area contributed by atoms with E-state index in [4.69, 9.17) is 4.74 Å². The zero-order valence-corrected chi connectivity index (χ0v) is 7.80. The third kappa shape index (κ3) is 1.05. The highest BCUT2D eigenvalue weighted by atomic mass is 16.5. The fourth-order valence-electron chi connectivity index (χ4n) is 2.25. The number of carbonyl (C=O) groups is 1. The van der Waals surface area contributed by atoms with Gasteiger partial charge in [-0.2, -0.15) is 0 Å². The summed E-state index contributed by atoms with van der Waals surface area (Å²) in [6.45, 7) is 2.09. The summed E-state index contributed by atoms with van der Waals surface area (Å²) in [4.78, 5) is 11.6. The molecule has 0 N–H and O–H groups in total. The smallest absolute Gasteiger partial charge is 0.312 e. The molecule has 0 atom stereocenters. The van der Waals surface area contributed by atoms with E-state index in [1.54, 1.807) is 0 Å². The van der Waals surface area contributed by atoms with Gasteiger partial charge in [0.2, 0.25) is 0 Å². The van der Waals surface area contributed by atoms with Crippen LogP contribution in [0.25, 0.3) is 0 Å². The highest BCUT2D eigenvalue weighted by Crippen LogP contribution is 2.58. The second-order valence-corrected chi connectivity index (χ2v) is 4.32. The molecule has 0 aromatic carbocycles. The van der Waals surface area contributed by atoms with Gasteiger partial charge < -0.3 is 4.74 Å². The number of ether oxygens (including phenoxy) is 1. The second kappa shape index (κ2) is 2.48. The molecule has 0 heterocycles. The van der Waals surface area contributed by atoms with E-state index in [0.717, 1.165) is 0 Å². The minimum atomic E-state index is -0.130. The topological polar surface area (TPSA) is 26.3 Å². The van der Waals surface area contributed by atoms with E-state index in [-0.39, 0.29) is 11.4 Å². The molecule has 2 rings (SSSR count). The lowest BCUT2D eigenvalue weighted by Crippen LogP contribution is -2.33. The Hall–Kier alpha value is -0.530. The van der Waals surface area contributed by atoms with Crippen LogP contribution in [0.5, 0.6) is 0 Å². The van der Waals surface area contributed by atoms with Crippen molar-refractivity contribution in [1.29, 1.82) is 0 Å². The van der Waals surface area contributed by atoms with Crippen molar-refractivity contribution < 1.29 is 9.53 Å². The molecule has 0 saturated heterocycles. The van der Waals surface area contributed by atoms with Crippen LogP contribution >= 0.6 is 0 Å². The molecular weight excluding hydrogens is 152 g/mol. The Morgan fingerprint density at radius 2 is 1.67 bits per heavy atom. The van der Waals surface area contributed by atoms with Crippen molar-refractivity contribution in [3.63, 3.8) is 0 Å². The number of methoxy groups -OCH3 is 1. The summed E-state index contributed by atoms with van der Waals surface area (Å²) >= 11 is 0. The molecule has 0 aromatic rings. The van der Waals surface area contributed by atoms with Crippen molar-refractivity contribution in [2.75, 3.05) is 7.11 Å². The average molecular weight is 168 g/mol. The molecule has 2 aliphatic rings. The highest BCUT2D eigenvalue weighted by Gasteiger charge is 2.56. The van der Waals surface area contributed by atoms with Crippen LogP contribution in [0.3, 0.4) is 0 Å². The zero-order valence-electron chi connectivity index (χ0n) is 7.80. The Labute approximate surface area is 73.3 Å². The fraction of sp³-hybridized carbons (Fsp3) is 0.900. The predicted octanol–water partition coefficient (Wildman–Crippen LogP) is 1.99. The van der Waals surface area contributed by atoms with Gasteiger partial charge in [-0.15, -0.1) is 0 Å². The van der Waals surface area contributed by atoms with E-state index in [2.05, 4.69) is 6.92 Å². The van der Waals surface area contributed by atoms with Gasteiger partial charge in [0.05, 0.1) is 12.5 Å². The van der Waals surface area contributed by atoms with Crippen LogP contribution in [0, 0.1) is 17.3 Å². The second-order valence-electron chi connectivity index (χ2n) is 4.32. The molecule has 0 amide bonds. The largest absolute Gasteiger partial charge is 0.469 e. The molecule has 0 spiro atoms. The van der Waals surface area contributed by atoms with E-state index in [1.807, 2.05) is 0 Å². The van der Waals surface area contributed by atoms with E-state index >= 15 is 0 Å². The van der Waals surface area contributed by atoms with Crippen molar-refractivity contribution in [2.24, 2.45) is 17.3 Å². The monoisotopic (exact) mass is 168 g/mol. The first kappa shape index (κ1) is 8.09. The molecule has 0 aromatic heterocycles. The summed E-state index contributed by atoms with van der Waals surface area (Å²) in [5, 5.41) is 0. The number of carbonyl (C=O) groups excluding carboxylic acids is 1. The minimum absolute atomic E-state index is 0.0208. The number of rotatable bonds is 3. The van der Waals surface area contributed by atoms with Crippen molar-refractivity contribution in [1.82, 2.24) is 0 Å². The maximum absolute atomic E-state index is 11.6. The van der Waals surface area contributed by atoms with Crippen molar-refractivity contribution >= 4 is 5.97 Å². The summed E-state index contributed by atoms with van der Waals surface area (Å²) in [6.07, 6.45) is 4.90. The van der Waals surface area contributed by atoms with E-state index in [1.165, 1.54) is 32.8 Å². The summed E-state index contributed by atoms with van der Waals surface area (Å²) < 4.78 is 4.88. The Morgan fingerprint density at radius 3 is 1.92 bits per heavy atom. The van der Waals surface area contributed by atoms with E-state index in [9.17, 15) is 4.79 Å². The van der Waals surface area contributed by atoms with E-state index < -0.39 is 0 Å². The molecular formula is C10H16O2. The van der Waals surface area contributed by atoms with Crippen molar-refractivity contribution in [2.45, 2.75) is 32.6 Å². The summed E-state index contributed by atoms with van der Waals surface area (Å²) in [7, 11) is 1.51. The van der Waals surface area contributed by atoms with Crippen molar-refractivity contribution in [3.8, 4) is 0 Å². The first-order valence-electron chi connectivity index (χ1n) is 4.78. The number of esters is 1. The minimum Gasteiger partial charge on any atom is -0.469 e. The predicted molar refractivity (Wildman–Crippen MR) is 45.6 cm³/mol. The molecule has 0 bridgehead atoms. The lowest BCUT2D eigenvalue weighted by molar-refractivity contribution is -0.154. The summed E-state index contributed by atoms with van der Waals surface area (Å²) in [5.74, 6) is 1.27. The van der Waals surface area contributed by atoms with Crippen LogP contribution in [0.15, 0.2) is 0 Å². The summed E-state index contributed by atoms with van der Waals surface area (Å²) in [5.41, 5.74) is -0.130. The van der Waals surface area contributed by atoms with Gasteiger partial charge in [-0.25, -0.2) is 0 Å². The van der Waals surface area contributed by atoms with Crippen LogP contribution in [-0.2, 0) is 9.53 Å². The number of hydrogen-bond donors (Lipinski definition) is 0. The first-order chi connectivity index (χ1) is 5.69. The normalized spacial score (nSPS) is 23.8. The standard InChI is InChI=1S/C10H16O2/c1-10(7-3-4-7,8-5-6-8)9(11)12-2/h7-8H,3-6H2,1-2H3. The lowest BCUT2D eigenvalue weighted by atomic mass is 9.80. The summed E-state index contributed by atoms with van der Waals surface area (Å²) in [6, 6.07) is 0. The molecule has 2 saturated carbocycles. The van der Waals surface area contributed by atoms with Crippen LogP contribution in [-0.4, -0.2) is 13.1 Å². The van der Waals surface area contributed by atoms with Crippen LogP contribution in [0.2, 0.25) is 0 Å². The van der Waals surface area contributed by atoms with Gasteiger partial charge in [0, 0.05) is 0 Å².